The van der Waals surface area contributed by atoms with Crippen molar-refractivity contribution in [3.8, 4) is 0 Å². The van der Waals surface area contributed by atoms with Crippen LogP contribution in [-0.4, -0.2) is 29.3 Å². The summed E-state index contributed by atoms with van der Waals surface area (Å²) < 4.78 is 0.866. The largest absolute Gasteiger partial charge is 0.350 e. The van der Waals surface area contributed by atoms with E-state index in [0.717, 1.165) is 19.8 Å². The zero-order valence-corrected chi connectivity index (χ0v) is 16.7. The van der Waals surface area contributed by atoms with Gasteiger partial charge in [-0.3, -0.25) is 14.5 Å². The van der Waals surface area contributed by atoms with Gasteiger partial charge in [0, 0.05) is 11.4 Å². The maximum atomic E-state index is 12.7. The Labute approximate surface area is 163 Å². The highest BCUT2D eigenvalue weighted by Crippen LogP contribution is 2.35. The summed E-state index contributed by atoms with van der Waals surface area (Å²) in [7, 11) is 0. The average molecular weight is 436 g/mol. The molecule has 0 saturated carbocycles. The van der Waals surface area contributed by atoms with Gasteiger partial charge in [0.1, 0.15) is 6.54 Å². The van der Waals surface area contributed by atoms with Gasteiger partial charge in [0.15, 0.2) is 5.54 Å². The van der Waals surface area contributed by atoms with Crippen molar-refractivity contribution in [1.82, 2.24) is 15.5 Å². The lowest BCUT2D eigenvalue weighted by molar-refractivity contribution is -0.134. The molecule has 1 saturated heterocycles. The minimum Gasteiger partial charge on any atom is -0.350 e. The molecular formula is C18H18BrN3O3S. The van der Waals surface area contributed by atoms with Crippen LogP contribution in [0.2, 0.25) is 0 Å². The van der Waals surface area contributed by atoms with Crippen LogP contribution < -0.4 is 10.6 Å². The van der Waals surface area contributed by atoms with Gasteiger partial charge in [0.05, 0.1) is 3.79 Å². The smallest absolute Gasteiger partial charge is 0.325 e. The molecule has 2 heterocycles. The second-order valence-corrected chi connectivity index (χ2v) is 8.78. The van der Waals surface area contributed by atoms with Crippen LogP contribution in [0.3, 0.4) is 0 Å². The molecule has 6 nitrogen and oxygen atoms in total. The molecule has 1 unspecified atom stereocenters. The fraction of sp³-hybridized carbons (Fsp3) is 0.278. The minimum absolute atomic E-state index is 0.307. The first-order valence-electron chi connectivity index (χ1n) is 8.02. The van der Waals surface area contributed by atoms with E-state index in [1.807, 2.05) is 37.3 Å². The van der Waals surface area contributed by atoms with Crippen molar-refractivity contribution in [2.24, 2.45) is 0 Å². The van der Waals surface area contributed by atoms with Crippen LogP contribution in [-0.2, 0) is 21.7 Å². The molecule has 1 atom stereocenters. The molecule has 0 aliphatic carbocycles. The average Bonchev–Trinajstić information content (AvgIpc) is 3.13. The Morgan fingerprint density at radius 3 is 2.54 bits per heavy atom. The molecule has 136 valence electrons. The summed E-state index contributed by atoms with van der Waals surface area (Å²) in [5.74, 6) is -0.812. The molecule has 1 aromatic carbocycles. The summed E-state index contributed by atoms with van der Waals surface area (Å²) in [5.41, 5.74) is 0.943. The van der Waals surface area contributed by atoms with Crippen molar-refractivity contribution in [3.05, 3.63) is 56.2 Å². The molecule has 1 aliphatic rings. The minimum atomic E-state index is -1.15. The highest BCUT2D eigenvalue weighted by molar-refractivity contribution is 9.11. The number of carbonyl (C=O) groups excluding carboxylic acids is 3. The number of carbonyl (C=O) groups is 3. The number of amides is 4. The number of halogens is 1. The number of thiophene rings is 1. The third kappa shape index (κ3) is 3.66. The second kappa shape index (κ2) is 7.20. The highest BCUT2D eigenvalue weighted by atomic mass is 79.9. The van der Waals surface area contributed by atoms with Gasteiger partial charge in [-0.1, -0.05) is 29.8 Å². The fourth-order valence-corrected chi connectivity index (χ4v) is 4.18. The number of imide groups is 1. The number of nitrogens with one attached hydrogen (secondary N) is 2. The van der Waals surface area contributed by atoms with Gasteiger partial charge in [-0.15, -0.1) is 11.3 Å². The molecule has 0 radical (unpaired) electrons. The topological polar surface area (TPSA) is 78.5 Å². The Hall–Kier alpha value is -2.19. The Bertz CT molecular complexity index is 865. The Balaban J connectivity index is 1.64. The number of hydrogen-bond donors (Lipinski definition) is 2. The lowest BCUT2D eigenvalue weighted by atomic mass is 10.0. The van der Waals surface area contributed by atoms with Gasteiger partial charge in [-0.2, -0.15) is 0 Å². The number of urea groups is 1. The summed E-state index contributed by atoms with van der Waals surface area (Å²) in [6.07, 6.45) is 0. The summed E-state index contributed by atoms with van der Waals surface area (Å²) >= 11 is 4.73. The van der Waals surface area contributed by atoms with E-state index in [4.69, 9.17) is 0 Å². The zero-order chi connectivity index (χ0) is 18.9. The van der Waals surface area contributed by atoms with E-state index < -0.39 is 17.5 Å². The predicted molar refractivity (Wildman–Crippen MR) is 103 cm³/mol. The van der Waals surface area contributed by atoms with E-state index in [1.165, 1.54) is 11.3 Å². The van der Waals surface area contributed by atoms with Crippen molar-refractivity contribution in [2.45, 2.75) is 25.9 Å². The first-order chi connectivity index (χ1) is 12.3. The van der Waals surface area contributed by atoms with Crippen molar-refractivity contribution in [3.63, 3.8) is 0 Å². The summed E-state index contributed by atoms with van der Waals surface area (Å²) in [6.45, 7) is 3.68. The Kier molecular flexibility index (Phi) is 5.15. The number of benzene rings is 1. The standard InChI is InChI=1S/C18H18BrN3O3S/c1-11-3-5-12(6-4-11)9-20-15(23)10-22-16(24)18(2,21-17(22)25)13-7-8-14(19)26-13/h3-8H,9-10H2,1-2H3,(H,20,23)(H,21,25). The van der Waals surface area contributed by atoms with E-state index in [2.05, 4.69) is 26.6 Å². The normalized spacial score (nSPS) is 19.6. The van der Waals surface area contributed by atoms with Crippen molar-refractivity contribution in [2.75, 3.05) is 6.54 Å². The van der Waals surface area contributed by atoms with Gasteiger partial charge in [0.25, 0.3) is 5.91 Å². The van der Waals surface area contributed by atoms with Crippen LogP contribution in [0, 0.1) is 6.92 Å². The molecule has 0 spiro atoms. The first-order valence-corrected chi connectivity index (χ1v) is 9.63. The van der Waals surface area contributed by atoms with Crippen molar-refractivity contribution < 1.29 is 14.4 Å². The van der Waals surface area contributed by atoms with E-state index in [-0.39, 0.29) is 12.5 Å². The monoisotopic (exact) mass is 435 g/mol. The highest BCUT2D eigenvalue weighted by Gasteiger charge is 2.50. The molecule has 3 rings (SSSR count). The molecule has 2 N–H and O–H groups in total. The van der Waals surface area contributed by atoms with Crippen molar-refractivity contribution >= 4 is 45.1 Å². The van der Waals surface area contributed by atoms with E-state index in [0.29, 0.717) is 11.4 Å². The third-order valence-electron chi connectivity index (χ3n) is 4.25. The fourth-order valence-electron chi connectivity index (χ4n) is 2.70. The molecule has 1 aliphatic heterocycles. The van der Waals surface area contributed by atoms with E-state index in [1.54, 1.807) is 13.0 Å². The third-order valence-corrected chi connectivity index (χ3v) is 6.10. The molecule has 8 heteroatoms. The zero-order valence-electron chi connectivity index (χ0n) is 14.3. The van der Waals surface area contributed by atoms with Crippen LogP contribution in [0.15, 0.2) is 40.2 Å². The lowest BCUT2D eigenvalue weighted by Gasteiger charge is -2.20. The number of aryl methyl sites for hydroxylation is 1. The van der Waals surface area contributed by atoms with Crippen LogP contribution in [0.5, 0.6) is 0 Å². The Morgan fingerprint density at radius 2 is 1.92 bits per heavy atom. The van der Waals surface area contributed by atoms with Gasteiger partial charge in [-0.25, -0.2) is 4.79 Å². The molecular weight excluding hydrogens is 418 g/mol. The van der Waals surface area contributed by atoms with Crippen LogP contribution in [0.4, 0.5) is 4.79 Å². The molecule has 2 aromatic rings. The van der Waals surface area contributed by atoms with Gasteiger partial charge < -0.3 is 10.6 Å². The van der Waals surface area contributed by atoms with E-state index >= 15 is 0 Å². The molecule has 1 fully saturated rings. The van der Waals surface area contributed by atoms with E-state index in [9.17, 15) is 14.4 Å². The molecule has 4 amide bonds. The number of rotatable bonds is 5. The maximum Gasteiger partial charge on any atom is 0.325 e. The van der Waals surface area contributed by atoms with Crippen LogP contribution >= 0.6 is 27.3 Å². The lowest BCUT2D eigenvalue weighted by Crippen LogP contribution is -2.42. The first kappa shape index (κ1) is 18.6. The van der Waals surface area contributed by atoms with Crippen LogP contribution in [0.1, 0.15) is 22.9 Å². The SMILES string of the molecule is Cc1ccc(CNC(=O)CN2C(=O)NC(C)(c3ccc(Br)s3)C2=O)cc1. The van der Waals surface area contributed by atoms with Gasteiger partial charge >= 0.3 is 6.03 Å². The summed E-state index contributed by atoms with van der Waals surface area (Å²) in [6, 6.07) is 10.8. The van der Waals surface area contributed by atoms with Gasteiger partial charge in [0.2, 0.25) is 5.91 Å². The Morgan fingerprint density at radius 1 is 1.23 bits per heavy atom. The van der Waals surface area contributed by atoms with Gasteiger partial charge in [-0.05, 0) is 47.5 Å². The van der Waals surface area contributed by atoms with Crippen LogP contribution in [0.25, 0.3) is 0 Å². The predicted octanol–water partition coefficient (Wildman–Crippen LogP) is 2.90. The number of nitrogens with zero attached hydrogens (tertiary/aromatic N) is 1. The summed E-state index contributed by atoms with van der Waals surface area (Å²) in [4.78, 5) is 38.8. The quantitative estimate of drug-likeness (QED) is 0.708. The maximum absolute atomic E-state index is 12.7. The summed E-state index contributed by atoms with van der Waals surface area (Å²) in [5, 5.41) is 5.43. The number of hydrogen-bond acceptors (Lipinski definition) is 4. The molecule has 0 bridgehead atoms. The van der Waals surface area contributed by atoms with Crippen molar-refractivity contribution in [1.29, 1.82) is 0 Å². The molecule has 26 heavy (non-hydrogen) atoms. The second-order valence-electron chi connectivity index (χ2n) is 6.31. The molecule has 1 aromatic heterocycles.